The summed E-state index contributed by atoms with van der Waals surface area (Å²) < 4.78 is 40.7. The molecule has 12 heteroatoms. The highest BCUT2D eigenvalue weighted by Gasteiger charge is 2.22. The van der Waals surface area contributed by atoms with Crippen molar-refractivity contribution in [1.29, 1.82) is 0 Å². The first-order chi connectivity index (χ1) is 13.6. The predicted molar refractivity (Wildman–Crippen MR) is 105 cm³/mol. The number of nitrogens with two attached hydrogens (primary N) is 1. The number of benzene rings is 2. The van der Waals surface area contributed by atoms with E-state index in [-0.39, 0.29) is 22.7 Å². The van der Waals surface area contributed by atoms with Gasteiger partial charge in [-0.05, 0) is 36.4 Å². The molecule has 0 unspecified atom stereocenters. The Hall–Kier alpha value is -3.51. The maximum atomic E-state index is 13.3. The van der Waals surface area contributed by atoms with Crippen LogP contribution in [-0.2, 0) is 10.2 Å². The second kappa shape index (κ2) is 7.48. The summed E-state index contributed by atoms with van der Waals surface area (Å²) >= 11 is 0. The number of aromatic nitrogens is 2. The Morgan fingerprint density at radius 2 is 1.90 bits per heavy atom. The summed E-state index contributed by atoms with van der Waals surface area (Å²) in [4.78, 5) is 28.8. The minimum atomic E-state index is -4.05. The lowest BCUT2D eigenvalue weighted by atomic mass is 10.2. The van der Waals surface area contributed by atoms with Crippen molar-refractivity contribution in [3.05, 3.63) is 53.8 Å². The number of fused-ring (bicyclic) bond motifs is 1. The first-order valence-corrected chi connectivity index (χ1v) is 9.62. The summed E-state index contributed by atoms with van der Waals surface area (Å²) in [6, 6.07) is 8.52. The molecule has 0 aliphatic heterocycles. The molecule has 0 saturated heterocycles. The van der Waals surface area contributed by atoms with Gasteiger partial charge in [-0.25, -0.2) is 23.5 Å². The van der Waals surface area contributed by atoms with Crippen LogP contribution in [0.4, 0.5) is 20.8 Å². The second-order valence-electron chi connectivity index (χ2n) is 6.17. The van der Waals surface area contributed by atoms with Gasteiger partial charge in [0.25, 0.3) is 5.91 Å². The zero-order valence-electron chi connectivity index (χ0n) is 15.4. The molecule has 1 aromatic heterocycles. The molecular formula is C17H17FN6O4S. The molecule has 1 heterocycles. The summed E-state index contributed by atoms with van der Waals surface area (Å²) in [5.74, 6) is -1.36. The molecule has 0 atom stereocenters. The van der Waals surface area contributed by atoms with Gasteiger partial charge < -0.3 is 11.1 Å². The summed E-state index contributed by atoms with van der Waals surface area (Å²) in [5, 5.41) is 2.57. The first-order valence-electron chi connectivity index (χ1n) is 8.18. The average Bonchev–Trinajstić information content (AvgIpc) is 2.96. The van der Waals surface area contributed by atoms with E-state index in [4.69, 9.17) is 5.73 Å². The Kier molecular flexibility index (Phi) is 5.22. The molecule has 0 fully saturated rings. The van der Waals surface area contributed by atoms with Gasteiger partial charge in [0.05, 0.1) is 11.0 Å². The number of nitrogens with one attached hydrogen (secondary N) is 2. The minimum absolute atomic E-state index is 0.105. The molecule has 10 nitrogen and oxygen atoms in total. The van der Waals surface area contributed by atoms with Crippen LogP contribution in [0, 0.1) is 5.82 Å². The van der Waals surface area contributed by atoms with E-state index in [1.165, 1.54) is 50.5 Å². The fourth-order valence-corrected chi connectivity index (χ4v) is 2.96. The van der Waals surface area contributed by atoms with E-state index >= 15 is 0 Å². The van der Waals surface area contributed by atoms with Gasteiger partial charge in [-0.1, -0.05) is 6.07 Å². The van der Waals surface area contributed by atoms with Crippen molar-refractivity contribution in [3.63, 3.8) is 0 Å². The van der Waals surface area contributed by atoms with Crippen molar-refractivity contribution in [2.45, 2.75) is 0 Å². The third-order valence-corrected chi connectivity index (χ3v) is 5.32. The maximum absolute atomic E-state index is 13.3. The Labute approximate surface area is 165 Å². The average molecular weight is 420 g/mol. The number of anilines is 2. The first kappa shape index (κ1) is 20.2. The number of amides is 2. The zero-order valence-corrected chi connectivity index (χ0v) is 16.2. The Morgan fingerprint density at radius 1 is 1.17 bits per heavy atom. The van der Waals surface area contributed by atoms with Crippen LogP contribution in [0.1, 0.15) is 10.4 Å². The Balaban J connectivity index is 1.94. The molecule has 3 aromatic rings. The van der Waals surface area contributed by atoms with Crippen molar-refractivity contribution in [2.75, 3.05) is 25.1 Å². The number of nitrogen functional groups attached to an aromatic ring is 1. The third kappa shape index (κ3) is 4.17. The van der Waals surface area contributed by atoms with Crippen molar-refractivity contribution in [1.82, 2.24) is 18.6 Å². The number of nitrogens with zero attached hydrogens (tertiary/aromatic N) is 3. The highest BCUT2D eigenvalue weighted by molar-refractivity contribution is 7.87. The molecule has 2 amide bonds. The van der Waals surface area contributed by atoms with Gasteiger partial charge in [-0.15, -0.1) is 0 Å². The van der Waals surface area contributed by atoms with Crippen LogP contribution >= 0.6 is 0 Å². The quantitative estimate of drug-likeness (QED) is 0.583. The van der Waals surface area contributed by atoms with E-state index in [9.17, 15) is 22.4 Å². The van der Waals surface area contributed by atoms with E-state index in [1.54, 1.807) is 0 Å². The number of imidazole rings is 1. The van der Waals surface area contributed by atoms with Crippen LogP contribution in [0.5, 0.6) is 0 Å². The lowest BCUT2D eigenvalue weighted by molar-refractivity contribution is 0.102. The topological polar surface area (TPSA) is 139 Å². The van der Waals surface area contributed by atoms with Crippen molar-refractivity contribution < 1.29 is 22.4 Å². The van der Waals surface area contributed by atoms with Gasteiger partial charge in [0, 0.05) is 25.3 Å². The standard InChI is InChI=1S/C17H17FN6O4S/c1-23(2)29(27,28)22-17(26)24-14-9-12(6-7-13(14)21-16(24)19)20-15(25)10-4-3-5-11(18)8-10/h3-9H,1-2H3,(H2,19,21)(H,20,25)(H,22,26). The zero-order chi connectivity index (χ0) is 21.3. The van der Waals surface area contributed by atoms with E-state index < -0.39 is 28.0 Å². The van der Waals surface area contributed by atoms with Crippen LogP contribution in [0.2, 0.25) is 0 Å². The number of hydrogen-bond donors (Lipinski definition) is 3. The highest BCUT2D eigenvalue weighted by Crippen LogP contribution is 2.22. The molecule has 0 aliphatic rings. The lowest BCUT2D eigenvalue weighted by Gasteiger charge is -2.13. The Bertz CT molecular complexity index is 1220. The highest BCUT2D eigenvalue weighted by atomic mass is 32.2. The van der Waals surface area contributed by atoms with Gasteiger partial charge in [-0.2, -0.15) is 12.7 Å². The van der Waals surface area contributed by atoms with Crippen LogP contribution in [0.25, 0.3) is 11.0 Å². The summed E-state index contributed by atoms with van der Waals surface area (Å²) in [6.07, 6.45) is 0. The number of halogens is 1. The van der Waals surface area contributed by atoms with Gasteiger partial charge in [0.1, 0.15) is 5.82 Å². The van der Waals surface area contributed by atoms with Gasteiger partial charge in [0.2, 0.25) is 5.95 Å². The van der Waals surface area contributed by atoms with E-state index in [1.807, 2.05) is 4.72 Å². The molecule has 3 rings (SSSR count). The van der Waals surface area contributed by atoms with Crippen LogP contribution < -0.4 is 15.8 Å². The molecule has 152 valence electrons. The summed E-state index contributed by atoms with van der Waals surface area (Å²) in [7, 11) is -1.54. The smallest absolute Gasteiger partial charge is 0.343 e. The fourth-order valence-electron chi connectivity index (χ4n) is 2.47. The largest absolute Gasteiger partial charge is 0.369 e. The molecule has 2 aromatic carbocycles. The monoisotopic (exact) mass is 420 g/mol. The van der Waals surface area contributed by atoms with Crippen molar-refractivity contribution in [2.24, 2.45) is 0 Å². The minimum Gasteiger partial charge on any atom is -0.369 e. The molecule has 29 heavy (non-hydrogen) atoms. The number of rotatable bonds is 4. The number of carbonyl (C=O) groups is 2. The fraction of sp³-hybridized carbons (Fsp3) is 0.118. The van der Waals surface area contributed by atoms with Crippen LogP contribution in [-0.4, -0.2) is 48.3 Å². The Morgan fingerprint density at radius 3 is 2.55 bits per heavy atom. The van der Waals surface area contributed by atoms with Crippen molar-refractivity contribution in [3.8, 4) is 0 Å². The molecule has 0 saturated carbocycles. The molecule has 4 N–H and O–H groups in total. The van der Waals surface area contributed by atoms with Crippen LogP contribution in [0.3, 0.4) is 0 Å². The number of hydrogen-bond acceptors (Lipinski definition) is 6. The van der Waals surface area contributed by atoms with E-state index in [0.717, 1.165) is 14.9 Å². The maximum Gasteiger partial charge on any atom is 0.343 e. The number of carbonyl (C=O) groups excluding carboxylic acids is 2. The molecule has 0 aliphatic carbocycles. The molecular weight excluding hydrogens is 403 g/mol. The van der Waals surface area contributed by atoms with Gasteiger partial charge in [-0.3, -0.25) is 4.79 Å². The molecule has 0 spiro atoms. The van der Waals surface area contributed by atoms with Crippen LogP contribution in [0.15, 0.2) is 42.5 Å². The summed E-state index contributed by atoms with van der Waals surface area (Å²) in [6.45, 7) is 0. The predicted octanol–water partition coefficient (Wildman–Crippen LogP) is 1.37. The van der Waals surface area contributed by atoms with Gasteiger partial charge in [0.15, 0.2) is 0 Å². The van der Waals surface area contributed by atoms with E-state index in [0.29, 0.717) is 5.52 Å². The second-order valence-corrected chi connectivity index (χ2v) is 8.05. The molecule has 0 radical (unpaired) electrons. The van der Waals surface area contributed by atoms with Gasteiger partial charge >= 0.3 is 16.2 Å². The summed E-state index contributed by atoms with van der Waals surface area (Å²) in [5.41, 5.74) is 6.62. The normalized spacial score (nSPS) is 11.6. The lowest BCUT2D eigenvalue weighted by Crippen LogP contribution is -2.41. The SMILES string of the molecule is CN(C)S(=O)(=O)NC(=O)n1c(N)nc2ccc(NC(=O)c3cccc(F)c3)cc21. The molecule has 0 bridgehead atoms. The third-order valence-electron chi connectivity index (χ3n) is 3.93. The van der Waals surface area contributed by atoms with E-state index in [2.05, 4.69) is 10.3 Å². The van der Waals surface area contributed by atoms with Crippen molar-refractivity contribution >= 4 is 44.8 Å².